The van der Waals surface area contributed by atoms with E-state index >= 15 is 0 Å². The average Bonchev–Trinajstić information content (AvgIpc) is 3.15. The van der Waals surface area contributed by atoms with Gasteiger partial charge in [-0.2, -0.15) is 0 Å². The number of aliphatic carboxylic acids is 3. The minimum atomic E-state index is -3.83. The Morgan fingerprint density at radius 1 is 0.977 bits per heavy atom. The first-order valence-corrected chi connectivity index (χ1v) is 14.4. The van der Waals surface area contributed by atoms with Crippen LogP contribution in [0.1, 0.15) is 71.3 Å². The molecule has 2 heterocycles. The Morgan fingerprint density at radius 3 is 2.19 bits per heavy atom. The van der Waals surface area contributed by atoms with Gasteiger partial charge in [-0.25, -0.2) is 14.4 Å². The third-order valence-electron chi connectivity index (χ3n) is 8.43. The lowest BCUT2D eigenvalue weighted by Gasteiger charge is -2.48. The zero-order valence-corrected chi connectivity index (χ0v) is 24.4. The van der Waals surface area contributed by atoms with Crippen molar-refractivity contribution in [1.29, 1.82) is 0 Å². The van der Waals surface area contributed by atoms with Crippen molar-refractivity contribution in [2.75, 3.05) is 0 Å². The fourth-order valence-corrected chi connectivity index (χ4v) is 5.93. The van der Waals surface area contributed by atoms with Crippen molar-refractivity contribution in [2.45, 2.75) is 107 Å². The topological polar surface area (TPSA) is 214 Å². The van der Waals surface area contributed by atoms with Crippen LogP contribution in [-0.4, -0.2) is 90.5 Å². The van der Waals surface area contributed by atoms with Crippen LogP contribution in [0.25, 0.3) is 0 Å². The van der Waals surface area contributed by atoms with E-state index in [1.807, 2.05) is 13.8 Å². The standard InChI is InChI=1S/C30H40O13/c1-4-17(2)15-18(3)12-13-21(32)41-23-22(33)28(14-8-11-20(31)16-19-9-6-5-7-10-19)42-24(25(34)35)29(40,26(36)37)30(23,43-28)27(38)39/h5-7,9-10,17-18,22-24,33,40H,4,8,11-16H2,1-3H3,(H,34,35)(H,36,37)(H,38,39)/t17-,18+,22+,23+,24+,28-,29+,30-/m0/s1. The third-order valence-corrected chi connectivity index (χ3v) is 8.43. The summed E-state index contributed by atoms with van der Waals surface area (Å²) in [6.45, 7) is 6.00. The molecule has 0 aromatic heterocycles. The number of ketones is 1. The minimum Gasteiger partial charge on any atom is -0.479 e. The van der Waals surface area contributed by atoms with Crippen molar-refractivity contribution in [1.82, 2.24) is 0 Å². The van der Waals surface area contributed by atoms with Crippen LogP contribution in [0.4, 0.5) is 0 Å². The second kappa shape index (κ2) is 13.5. The summed E-state index contributed by atoms with van der Waals surface area (Å²) in [4.78, 5) is 62.8. The number of hydrogen-bond acceptors (Lipinski definition) is 10. The lowest BCUT2D eigenvalue weighted by Crippen LogP contribution is -2.78. The number of carboxylic acid groups (broad SMARTS) is 3. The van der Waals surface area contributed by atoms with Crippen LogP contribution in [0.15, 0.2) is 30.3 Å². The van der Waals surface area contributed by atoms with Gasteiger partial charge >= 0.3 is 23.9 Å². The maximum atomic E-state index is 12.9. The SMILES string of the molecule is CC[C@H](C)C[C@H](C)CCC(=O)O[C@@H]1[C@@H](O)[C@@]2(CCCC(=O)Cc3ccccc3)O[C@H](C(=O)O)[C@@](O)(C(=O)O)[C@]1(C(=O)O)O2. The molecule has 0 unspecified atom stereocenters. The van der Waals surface area contributed by atoms with Gasteiger partial charge in [-0.15, -0.1) is 0 Å². The van der Waals surface area contributed by atoms with E-state index in [-0.39, 0.29) is 37.4 Å². The molecule has 0 saturated carbocycles. The van der Waals surface area contributed by atoms with Crippen molar-refractivity contribution in [3.05, 3.63) is 35.9 Å². The average molecular weight is 609 g/mol. The highest BCUT2D eigenvalue weighted by atomic mass is 16.8. The molecular formula is C30H40O13. The number of aliphatic hydroxyl groups is 2. The number of carboxylic acids is 3. The van der Waals surface area contributed by atoms with E-state index in [0.717, 1.165) is 18.4 Å². The zero-order valence-electron chi connectivity index (χ0n) is 24.4. The Kier molecular flexibility index (Phi) is 10.7. The van der Waals surface area contributed by atoms with Gasteiger partial charge in [0.2, 0.25) is 23.1 Å². The molecule has 2 aliphatic heterocycles. The lowest BCUT2D eigenvalue weighted by molar-refractivity contribution is -0.374. The van der Waals surface area contributed by atoms with Gasteiger partial charge in [-0.05, 0) is 36.7 Å². The van der Waals surface area contributed by atoms with E-state index in [0.29, 0.717) is 12.3 Å². The second-order valence-corrected chi connectivity index (χ2v) is 11.7. The van der Waals surface area contributed by atoms with E-state index in [1.54, 1.807) is 30.3 Å². The summed E-state index contributed by atoms with van der Waals surface area (Å²) < 4.78 is 16.3. The molecule has 1 aromatic carbocycles. The maximum absolute atomic E-state index is 12.9. The van der Waals surface area contributed by atoms with Crippen molar-refractivity contribution in [3.8, 4) is 0 Å². The van der Waals surface area contributed by atoms with E-state index in [1.165, 1.54) is 0 Å². The molecule has 1 aromatic rings. The first-order chi connectivity index (χ1) is 20.1. The Labute approximate surface area is 248 Å². The van der Waals surface area contributed by atoms with Crippen LogP contribution in [0.3, 0.4) is 0 Å². The molecule has 2 aliphatic rings. The van der Waals surface area contributed by atoms with Gasteiger partial charge < -0.3 is 39.7 Å². The molecule has 13 heteroatoms. The molecule has 0 spiro atoms. The van der Waals surface area contributed by atoms with Crippen LogP contribution >= 0.6 is 0 Å². The summed E-state index contributed by atoms with van der Waals surface area (Å²) in [6, 6.07) is 8.81. The molecule has 5 N–H and O–H groups in total. The molecule has 3 rings (SSSR count). The van der Waals surface area contributed by atoms with Gasteiger partial charge in [0.1, 0.15) is 11.9 Å². The number of hydrogen-bond donors (Lipinski definition) is 5. The van der Waals surface area contributed by atoms with Gasteiger partial charge in [-0.3, -0.25) is 9.59 Å². The van der Waals surface area contributed by atoms with Crippen molar-refractivity contribution >= 4 is 29.7 Å². The van der Waals surface area contributed by atoms with E-state index in [2.05, 4.69) is 6.92 Å². The van der Waals surface area contributed by atoms with Crippen LogP contribution in [0.2, 0.25) is 0 Å². The van der Waals surface area contributed by atoms with Crippen LogP contribution in [0.5, 0.6) is 0 Å². The summed E-state index contributed by atoms with van der Waals surface area (Å²) in [7, 11) is 0. The molecule has 2 fully saturated rings. The van der Waals surface area contributed by atoms with Gasteiger partial charge in [0, 0.05) is 25.7 Å². The van der Waals surface area contributed by atoms with Crippen molar-refractivity contribution in [3.63, 3.8) is 0 Å². The summed E-state index contributed by atoms with van der Waals surface area (Å²) in [5.41, 5.74) is -6.56. The molecule has 8 atom stereocenters. The molecule has 238 valence electrons. The van der Waals surface area contributed by atoms with Crippen molar-refractivity contribution in [2.24, 2.45) is 11.8 Å². The van der Waals surface area contributed by atoms with E-state index in [9.17, 15) is 49.5 Å². The molecule has 13 nitrogen and oxygen atoms in total. The molecular weight excluding hydrogens is 568 g/mol. The first kappa shape index (κ1) is 34.1. The Balaban J connectivity index is 1.91. The number of carbonyl (C=O) groups is 5. The summed E-state index contributed by atoms with van der Waals surface area (Å²) >= 11 is 0. The van der Waals surface area contributed by atoms with Crippen LogP contribution in [-0.2, 0) is 44.6 Å². The fourth-order valence-electron chi connectivity index (χ4n) is 5.93. The lowest BCUT2D eigenvalue weighted by atomic mass is 9.74. The van der Waals surface area contributed by atoms with Gasteiger partial charge in [-0.1, -0.05) is 57.5 Å². The molecule has 43 heavy (non-hydrogen) atoms. The van der Waals surface area contributed by atoms with Gasteiger partial charge in [0.05, 0.1) is 0 Å². The highest BCUT2D eigenvalue weighted by Crippen LogP contribution is 2.55. The number of benzene rings is 1. The predicted octanol–water partition coefficient (Wildman–Crippen LogP) is 1.94. The molecule has 0 aliphatic carbocycles. The van der Waals surface area contributed by atoms with Crippen molar-refractivity contribution < 1.29 is 63.7 Å². The highest BCUT2D eigenvalue weighted by Gasteiger charge is 2.85. The highest BCUT2D eigenvalue weighted by molar-refractivity contribution is 5.98. The minimum absolute atomic E-state index is 0.0728. The quantitative estimate of drug-likeness (QED) is 0.170. The smallest absolute Gasteiger partial charge is 0.344 e. The zero-order chi connectivity index (χ0) is 32.2. The number of aliphatic hydroxyl groups excluding tert-OH is 1. The largest absolute Gasteiger partial charge is 0.479 e. The first-order valence-electron chi connectivity index (χ1n) is 14.4. The van der Waals surface area contributed by atoms with Gasteiger partial charge in [0.25, 0.3) is 0 Å². The fraction of sp³-hybridized carbons (Fsp3) is 0.633. The number of carbonyl (C=O) groups excluding carboxylic acids is 2. The predicted molar refractivity (Wildman–Crippen MR) is 147 cm³/mol. The monoisotopic (exact) mass is 608 g/mol. The number of ether oxygens (including phenoxy) is 3. The Hall–Kier alpha value is -3.39. The summed E-state index contributed by atoms with van der Waals surface area (Å²) in [6.07, 6.45) is -6.14. The second-order valence-electron chi connectivity index (χ2n) is 11.7. The van der Waals surface area contributed by atoms with Crippen LogP contribution in [0, 0.1) is 11.8 Å². The number of Topliss-reactive ketones (excluding diaryl/α,β-unsaturated/α-hetero) is 1. The molecule has 0 radical (unpaired) electrons. The normalized spacial score (nSPS) is 31.1. The number of esters is 1. The van der Waals surface area contributed by atoms with E-state index < -0.39 is 65.6 Å². The number of fused-ring (bicyclic) bond motifs is 2. The molecule has 2 saturated heterocycles. The Morgan fingerprint density at radius 2 is 1.63 bits per heavy atom. The Bertz CT molecular complexity index is 1200. The molecule has 2 bridgehead atoms. The van der Waals surface area contributed by atoms with E-state index in [4.69, 9.17) is 14.2 Å². The molecule has 0 amide bonds. The maximum Gasteiger partial charge on any atom is 0.344 e. The third kappa shape index (κ3) is 6.59. The summed E-state index contributed by atoms with van der Waals surface area (Å²) in [5.74, 6) is -9.89. The van der Waals surface area contributed by atoms with Gasteiger partial charge in [0.15, 0.2) is 6.10 Å². The number of rotatable bonds is 16. The van der Waals surface area contributed by atoms with Crippen LogP contribution < -0.4 is 0 Å². The summed E-state index contributed by atoms with van der Waals surface area (Å²) in [5, 5.41) is 52.7.